The van der Waals surface area contributed by atoms with E-state index in [0.717, 1.165) is 17.1 Å². The summed E-state index contributed by atoms with van der Waals surface area (Å²) in [6.45, 7) is 0. The molecular formula is C61H40N2S. The number of nitrogens with zero attached hydrogens (tertiary/aromatic N) is 2. The maximum atomic E-state index is 2.47. The van der Waals surface area contributed by atoms with Crippen molar-refractivity contribution in [3.8, 4) is 27.9 Å². The number of fused-ring (bicyclic) bond motifs is 9. The molecule has 1 aliphatic carbocycles. The third-order valence-corrected chi connectivity index (χ3v) is 14.7. The lowest BCUT2D eigenvalue weighted by Gasteiger charge is -2.35. The average Bonchev–Trinajstić information content (AvgIpc) is 4.01. The molecule has 2 heterocycles. The standard InChI is InChI=1S/C61H40N2S/c1-4-17-41(18-5-1)42-31-33-45(34-32-42)62(46-35-37-49-48-23-10-13-27-54(48)61(55(49)39-46,43-19-6-2-7-20-43)44-21-8-3-9-22-44)47-36-38-52-53-26-16-30-58(60(53)64-59(52)40-47)63-56-28-14-11-24-50(56)51-25-12-15-29-57(51)63/h1-40H. The molecule has 300 valence electrons. The molecule has 3 heteroatoms. The highest BCUT2D eigenvalue weighted by Gasteiger charge is 2.46. The highest BCUT2D eigenvalue weighted by atomic mass is 32.1. The number of thiophene rings is 1. The van der Waals surface area contributed by atoms with E-state index in [9.17, 15) is 0 Å². The Kier molecular flexibility index (Phi) is 8.34. The van der Waals surface area contributed by atoms with E-state index in [0.29, 0.717) is 0 Å². The van der Waals surface area contributed by atoms with Crippen molar-refractivity contribution in [1.29, 1.82) is 0 Å². The van der Waals surface area contributed by atoms with E-state index in [1.807, 2.05) is 11.3 Å². The van der Waals surface area contributed by atoms with E-state index in [1.54, 1.807) is 0 Å². The van der Waals surface area contributed by atoms with Crippen molar-refractivity contribution >= 4 is 70.4 Å². The van der Waals surface area contributed by atoms with E-state index in [4.69, 9.17) is 0 Å². The minimum absolute atomic E-state index is 0.508. The molecule has 0 saturated carbocycles. The van der Waals surface area contributed by atoms with Crippen LogP contribution in [0, 0.1) is 0 Å². The number of aromatic nitrogens is 1. The fourth-order valence-corrected chi connectivity index (χ4v) is 12.0. The van der Waals surface area contributed by atoms with Gasteiger partial charge < -0.3 is 9.47 Å². The number of hydrogen-bond acceptors (Lipinski definition) is 2. The second-order valence-corrected chi connectivity index (χ2v) is 17.9. The van der Waals surface area contributed by atoms with Gasteiger partial charge >= 0.3 is 0 Å². The topological polar surface area (TPSA) is 8.17 Å². The largest absolute Gasteiger partial charge is 0.310 e. The van der Waals surface area contributed by atoms with Crippen LogP contribution >= 0.6 is 11.3 Å². The van der Waals surface area contributed by atoms with Gasteiger partial charge in [-0.1, -0.05) is 188 Å². The third-order valence-electron chi connectivity index (χ3n) is 13.5. The number of anilines is 3. The first-order valence-electron chi connectivity index (χ1n) is 22.0. The van der Waals surface area contributed by atoms with Gasteiger partial charge in [0.05, 0.1) is 26.8 Å². The van der Waals surface area contributed by atoms with Crippen LogP contribution in [-0.2, 0) is 5.41 Å². The summed E-state index contributed by atoms with van der Waals surface area (Å²) in [5, 5.41) is 5.08. The van der Waals surface area contributed by atoms with Crippen LogP contribution < -0.4 is 4.90 Å². The van der Waals surface area contributed by atoms with Gasteiger partial charge in [-0.3, -0.25) is 0 Å². The number of hydrogen-bond donors (Lipinski definition) is 0. The van der Waals surface area contributed by atoms with Crippen molar-refractivity contribution in [2.24, 2.45) is 0 Å². The zero-order valence-corrected chi connectivity index (χ0v) is 35.7. The first-order valence-corrected chi connectivity index (χ1v) is 22.8. The summed E-state index contributed by atoms with van der Waals surface area (Å²) in [6, 6.07) is 89.5. The van der Waals surface area contributed by atoms with Gasteiger partial charge in [0, 0.05) is 43.3 Å². The molecular weight excluding hydrogens is 793 g/mol. The molecule has 0 aliphatic heterocycles. The van der Waals surface area contributed by atoms with Crippen LogP contribution in [0.1, 0.15) is 22.3 Å². The molecule has 13 rings (SSSR count). The van der Waals surface area contributed by atoms with Gasteiger partial charge in [-0.15, -0.1) is 11.3 Å². The predicted molar refractivity (Wildman–Crippen MR) is 271 cm³/mol. The Morgan fingerprint density at radius 1 is 0.359 bits per heavy atom. The summed E-state index contributed by atoms with van der Waals surface area (Å²) >= 11 is 1.88. The maximum absolute atomic E-state index is 2.47. The van der Waals surface area contributed by atoms with E-state index in [1.165, 1.54) is 92.2 Å². The molecule has 0 N–H and O–H groups in total. The van der Waals surface area contributed by atoms with Crippen molar-refractivity contribution in [1.82, 2.24) is 4.57 Å². The molecule has 0 spiro atoms. The van der Waals surface area contributed by atoms with Crippen molar-refractivity contribution < 1.29 is 0 Å². The van der Waals surface area contributed by atoms with Gasteiger partial charge in [-0.05, 0) is 99.1 Å². The van der Waals surface area contributed by atoms with Crippen molar-refractivity contribution in [3.63, 3.8) is 0 Å². The first-order chi connectivity index (χ1) is 31.8. The Morgan fingerprint density at radius 2 is 0.891 bits per heavy atom. The minimum Gasteiger partial charge on any atom is -0.310 e. The van der Waals surface area contributed by atoms with Crippen molar-refractivity contribution in [2.45, 2.75) is 5.41 Å². The van der Waals surface area contributed by atoms with Gasteiger partial charge in [0.15, 0.2) is 0 Å². The number of rotatable bonds is 7. The zero-order valence-electron chi connectivity index (χ0n) is 34.9. The van der Waals surface area contributed by atoms with Gasteiger partial charge in [-0.2, -0.15) is 0 Å². The molecule has 0 saturated heterocycles. The molecule has 64 heavy (non-hydrogen) atoms. The maximum Gasteiger partial charge on any atom is 0.0714 e. The fourth-order valence-electron chi connectivity index (χ4n) is 10.7. The van der Waals surface area contributed by atoms with Crippen LogP contribution in [0.5, 0.6) is 0 Å². The van der Waals surface area contributed by atoms with E-state index in [-0.39, 0.29) is 0 Å². The van der Waals surface area contributed by atoms with E-state index >= 15 is 0 Å². The Balaban J connectivity index is 1.03. The molecule has 12 aromatic rings. The summed E-state index contributed by atoms with van der Waals surface area (Å²) < 4.78 is 4.99. The van der Waals surface area contributed by atoms with Gasteiger partial charge in [0.25, 0.3) is 0 Å². The second kappa shape index (κ2) is 14.6. The summed E-state index contributed by atoms with van der Waals surface area (Å²) in [5.74, 6) is 0. The smallest absolute Gasteiger partial charge is 0.0714 e. The molecule has 10 aromatic carbocycles. The van der Waals surface area contributed by atoms with E-state index in [2.05, 4.69) is 252 Å². The lowest BCUT2D eigenvalue weighted by Crippen LogP contribution is -2.28. The molecule has 2 nitrogen and oxygen atoms in total. The average molecular weight is 833 g/mol. The molecule has 0 atom stereocenters. The van der Waals surface area contributed by atoms with Gasteiger partial charge in [0.1, 0.15) is 0 Å². The van der Waals surface area contributed by atoms with Crippen LogP contribution in [0.25, 0.3) is 69.9 Å². The molecule has 1 aliphatic rings. The molecule has 0 bridgehead atoms. The first kappa shape index (κ1) is 36.7. The van der Waals surface area contributed by atoms with Crippen molar-refractivity contribution in [3.05, 3.63) is 265 Å². The Labute approximate surface area is 376 Å². The number of benzene rings is 10. The Morgan fingerprint density at radius 3 is 1.59 bits per heavy atom. The molecule has 2 aromatic heterocycles. The molecule has 0 unspecified atom stereocenters. The predicted octanol–water partition coefficient (Wildman–Crippen LogP) is 16.7. The van der Waals surface area contributed by atoms with E-state index < -0.39 is 5.41 Å². The highest BCUT2D eigenvalue weighted by molar-refractivity contribution is 7.26. The quantitative estimate of drug-likeness (QED) is 0.155. The summed E-state index contributed by atoms with van der Waals surface area (Å²) in [5.41, 5.74) is 16.5. The molecule has 0 fully saturated rings. The van der Waals surface area contributed by atoms with Crippen LogP contribution in [0.2, 0.25) is 0 Å². The molecule has 0 amide bonds. The highest BCUT2D eigenvalue weighted by Crippen LogP contribution is 2.57. The van der Waals surface area contributed by atoms with Crippen LogP contribution in [0.4, 0.5) is 17.1 Å². The van der Waals surface area contributed by atoms with Gasteiger partial charge in [-0.25, -0.2) is 0 Å². The third kappa shape index (κ3) is 5.44. The van der Waals surface area contributed by atoms with Crippen molar-refractivity contribution in [2.75, 3.05) is 4.90 Å². The lowest BCUT2D eigenvalue weighted by atomic mass is 9.67. The Hall–Kier alpha value is -7.98. The number of para-hydroxylation sites is 2. The second-order valence-electron chi connectivity index (χ2n) is 16.8. The molecule has 0 radical (unpaired) electrons. The fraction of sp³-hybridized carbons (Fsp3) is 0.0164. The van der Waals surface area contributed by atoms with Gasteiger partial charge in [0.2, 0.25) is 0 Å². The monoisotopic (exact) mass is 832 g/mol. The van der Waals surface area contributed by atoms with Crippen LogP contribution in [0.15, 0.2) is 243 Å². The Bertz CT molecular complexity index is 3620. The summed E-state index contributed by atoms with van der Waals surface area (Å²) in [7, 11) is 0. The van der Waals surface area contributed by atoms with Crippen LogP contribution in [0.3, 0.4) is 0 Å². The minimum atomic E-state index is -0.508. The summed E-state index contributed by atoms with van der Waals surface area (Å²) in [6.07, 6.45) is 0. The zero-order chi connectivity index (χ0) is 42.2. The normalized spacial score (nSPS) is 12.8. The summed E-state index contributed by atoms with van der Waals surface area (Å²) in [4.78, 5) is 2.45. The van der Waals surface area contributed by atoms with Crippen LogP contribution in [-0.4, -0.2) is 4.57 Å². The lowest BCUT2D eigenvalue weighted by molar-refractivity contribution is 0.768. The SMILES string of the molecule is c1ccc(-c2ccc(N(c3ccc4c(c3)C(c3ccccc3)(c3ccccc3)c3ccccc3-4)c3ccc4c(c3)sc3c(-n5c6ccccc6c6ccccc65)cccc34)cc2)cc1.